The fourth-order valence-electron chi connectivity index (χ4n) is 2.59. The predicted octanol–water partition coefficient (Wildman–Crippen LogP) is 0.885. The number of β-amino-alcohol motifs (C(OH)–C–C–N with tert-alkyl or cyclic N) is 1. The van der Waals surface area contributed by atoms with E-state index in [0.717, 1.165) is 5.56 Å². The number of esters is 1. The van der Waals surface area contributed by atoms with E-state index in [1.165, 1.54) is 18.1 Å². The lowest BCUT2D eigenvalue weighted by atomic mass is 10.1. The van der Waals surface area contributed by atoms with Gasteiger partial charge in [-0.3, -0.25) is 14.9 Å². The second-order valence-electron chi connectivity index (χ2n) is 5.58. The third kappa shape index (κ3) is 3.45. The van der Waals surface area contributed by atoms with Crippen molar-refractivity contribution in [2.24, 2.45) is 0 Å². The van der Waals surface area contributed by atoms with Gasteiger partial charge in [0.15, 0.2) is 0 Å². The van der Waals surface area contributed by atoms with Gasteiger partial charge in [0.2, 0.25) is 0 Å². The van der Waals surface area contributed by atoms with E-state index in [0.29, 0.717) is 5.56 Å². The highest BCUT2D eigenvalue weighted by Gasteiger charge is 2.35. The number of hydrogen-bond acceptors (Lipinski definition) is 7. The standard InChI is InChI=1S/C16H19N3O6/c1-9-4-5-12(19(23)24)13(10(9)2)17-14-11(16(22)25-3)8-18(6-7-20)15(14)21/h4-5,17,20H,6-8H2,1-3H3. The maximum atomic E-state index is 12.5. The molecule has 25 heavy (non-hydrogen) atoms. The zero-order chi connectivity index (χ0) is 18.7. The molecular weight excluding hydrogens is 330 g/mol. The molecule has 0 aliphatic carbocycles. The largest absolute Gasteiger partial charge is 0.466 e. The highest BCUT2D eigenvalue weighted by molar-refractivity contribution is 6.09. The molecule has 1 heterocycles. The van der Waals surface area contributed by atoms with Crippen molar-refractivity contribution in [2.45, 2.75) is 13.8 Å². The van der Waals surface area contributed by atoms with E-state index in [-0.39, 0.29) is 42.3 Å². The summed E-state index contributed by atoms with van der Waals surface area (Å²) in [6.45, 7) is 3.21. The van der Waals surface area contributed by atoms with Gasteiger partial charge in [-0.05, 0) is 25.0 Å². The van der Waals surface area contributed by atoms with Crippen molar-refractivity contribution < 1.29 is 24.4 Å². The van der Waals surface area contributed by atoms with Crippen LogP contribution in [0.2, 0.25) is 0 Å². The van der Waals surface area contributed by atoms with Gasteiger partial charge in [-0.2, -0.15) is 0 Å². The predicted molar refractivity (Wildman–Crippen MR) is 88.9 cm³/mol. The number of benzene rings is 1. The van der Waals surface area contributed by atoms with Crippen molar-refractivity contribution in [3.63, 3.8) is 0 Å². The molecular formula is C16H19N3O6. The minimum absolute atomic E-state index is 0.0347. The summed E-state index contributed by atoms with van der Waals surface area (Å²) in [5.74, 6) is -1.23. The Morgan fingerprint density at radius 3 is 2.68 bits per heavy atom. The van der Waals surface area contributed by atoms with Gasteiger partial charge in [-0.25, -0.2) is 4.79 Å². The van der Waals surface area contributed by atoms with Crippen LogP contribution in [0.4, 0.5) is 11.4 Å². The number of anilines is 1. The Hall–Kier alpha value is -2.94. The molecule has 0 unspecified atom stereocenters. The Balaban J connectivity index is 2.52. The summed E-state index contributed by atoms with van der Waals surface area (Å²) in [6, 6.07) is 2.96. The van der Waals surface area contributed by atoms with Crippen molar-refractivity contribution in [3.8, 4) is 0 Å². The lowest BCUT2D eigenvalue weighted by molar-refractivity contribution is -0.384. The van der Waals surface area contributed by atoms with Crippen LogP contribution in [0.1, 0.15) is 11.1 Å². The molecule has 1 aromatic carbocycles. The average Bonchev–Trinajstić information content (AvgIpc) is 2.88. The average molecular weight is 349 g/mol. The maximum Gasteiger partial charge on any atom is 0.337 e. The molecule has 1 aliphatic rings. The van der Waals surface area contributed by atoms with Crippen LogP contribution in [0.3, 0.4) is 0 Å². The SMILES string of the molecule is COC(=O)C1=C(Nc2c([N+](=O)[O-])ccc(C)c2C)C(=O)N(CCO)C1. The molecule has 0 aromatic heterocycles. The number of rotatable bonds is 6. The van der Waals surface area contributed by atoms with Gasteiger partial charge in [0, 0.05) is 12.6 Å². The summed E-state index contributed by atoms with van der Waals surface area (Å²) in [5, 5.41) is 23.1. The van der Waals surface area contributed by atoms with Crippen molar-refractivity contribution in [1.82, 2.24) is 4.90 Å². The maximum absolute atomic E-state index is 12.5. The molecule has 1 aliphatic heterocycles. The number of carbonyl (C=O) groups is 2. The number of carbonyl (C=O) groups excluding carboxylic acids is 2. The first kappa shape index (κ1) is 18.4. The lowest BCUT2D eigenvalue weighted by Crippen LogP contribution is -2.31. The summed E-state index contributed by atoms with van der Waals surface area (Å²) in [4.78, 5) is 36.5. The Bertz CT molecular complexity index is 771. The molecule has 0 bridgehead atoms. The second kappa shape index (κ2) is 7.31. The molecule has 0 saturated carbocycles. The molecule has 0 spiro atoms. The molecule has 9 heteroatoms. The van der Waals surface area contributed by atoms with Gasteiger partial charge in [0.1, 0.15) is 11.4 Å². The van der Waals surface area contributed by atoms with E-state index >= 15 is 0 Å². The number of nitro groups is 1. The first-order valence-corrected chi connectivity index (χ1v) is 7.55. The van der Waals surface area contributed by atoms with E-state index in [2.05, 4.69) is 5.32 Å². The third-order valence-corrected chi connectivity index (χ3v) is 4.11. The van der Waals surface area contributed by atoms with Gasteiger partial charge < -0.3 is 20.1 Å². The number of aryl methyl sites for hydroxylation is 1. The Labute approximate surface area is 144 Å². The molecule has 0 atom stereocenters. The smallest absolute Gasteiger partial charge is 0.337 e. The van der Waals surface area contributed by atoms with Crippen LogP contribution < -0.4 is 5.32 Å². The zero-order valence-electron chi connectivity index (χ0n) is 14.2. The summed E-state index contributed by atoms with van der Waals surface area (Å²) >= 11 is 0. The Kier molecular flexibility index (Phi) is 5.38. The molecule has 2 N–H and O–H groups in total. The van der Waals surface area contributed by atoms with Crippen LogP contribution in [-0.2, 0) is 14.3 Å². The number of amides is 1. The normalized spacial score (nSPS) is 14.1. The van der Waals surface area contributed by atoms with Crippen molar-refractivity contribution in [2.75, 3.05) is 32.1 Å². The highest BCUT2D eigenvalue weighted by atomic mass is 16.6. The van der Waals surface area contributed by atoms with Crippen molar-refractivity contribution >= 4 is 23.3 Å². The van der Waals surface area contributed by atoms with Crippen LogP contribution in [0, 0.1) is 24.0 Å². The van der Waals surface area contributed by atoms with Gasteiger partial charge >= 0.3 is 5.97 Å². The van der Waals surface area contributed by atoms with Crippen LogP contribution in [-0.4, -0.2) is 53.6 Å². The minimum Gasteiger partial charge on any atom is -0.466 e. The number of hydrogen-bond donors (Lipinski definition) is 2. The van der Waals surface area contributed by atoms with Crippen molar-refractivity contribution in [1.29, 1.82) is 0 Å². The lowest BCUT2D eigenvalue weighted by Gasteiger charge is -2.16. The molecule has 1 aromatic rings. The van der Waals surface area contributed by atoms with Crippen LogP contribution in [0.25, 0.3) is 0 Å². The second-order valence-corrected chi connectivity index (χ2v) is 5.58. The Morgan fingerprint density at radius 1 is 1.44 bits per heavy atom. The summed E-state index contributed by atoms with van der Waals surface area (Å²) in [5.41, 5.74) is 1.34. The fraction of sp³-hybridized carbons (Fsp3) is 0.375. The number of ether oxygens (including phenoxy) is 1. The zero-order valence-corrected chi connectivity index (χ0v) is 14.2. The van der Waals surface area contributed by atoms with Crippen molar-refractivity contribution in [3.05, 3.63) is 44.6 Å². The molecule has 0 fully saturated rings. The van der Waals surface area contributed by atoms with E-state index in [9.17, 15) is 19.7 Å². The van der Waals surface area contributed by atoms with Crippen LogP contribution >= 0.6 is 0 Å². The highest BCUT2D eigenvalue weighted by Crippen LogP contribution is 2.33. The molecule has 9 nitrogen and oxygen atoms in total. The van der Waals surface area contributed by atoms with Gasteiger partial charge in [-0.1, -0.05) is 6.07 Å². The first-order valence-electron chi connectivity index (χ1n) is 7.55. The van der Waals surface area contributed by atoms with Crippen LogP contribution in [0.15, 0.2) is 23.4 Å². The topological polar surface area (TPSA) is 122 Å². The van der Waals surface area contributed by atoms with Gasteiger partial charge in [0.25, 0.3) is 11.6 Å². The van der Waals surface area contributed by atoms with Gasteiger partial charge in [-0.15, -0.1) is 0 Å². The number of nitrogens with one attached hydrogen (secondary N) is 1. The monoisotopic (exact) mass is 349 g/mol. The molecule has 2 rings (SSSR count). The third-order valence-electron chi connectivity index (χ3n) is 4.11. The molecule has 0 radical (unpaired) electrons. The number of nitrogens with zero attached hydrogens (tertiary/aromatic N) is 2. The number of aliphatic hydroxyl groups excluding tert-OH is 1. The quantitative estimate of drug-likeness (QED) is 0.444. The minimum atomic E-state index is -0.704. The fourth-order valence-corrected chi connectivity index (χ4v) is 2.59. The number of methoxy groups -OCH3 is 1. The first-order chi connectivity index (χ1) is 11.8. The van der Waals surface area contributed by atoms with Gasteiger partial charge in [0.05, 0.1) is 30.8 Å². The van der Waals surface area contributed by atoms with E-state index in [4.69, 9.17) is 9.84 Å². The van der Waals surface area contributed by atoms with Crippen LogP contribution in [0.5, 0.6) is 0 Å². The summed E-state index contributed by atoms with van der Waals surface area (Å²) in [7, 11) is 1.19. The summed E-state index contributed by atoms with van der Waals surface area (Å²) in [6.07, 6.45) is 0. The molecule has 1 amide bonds. The van der Waals surface area contributed by atoms with E-state index < -0.39 is 16.8 Å². The molecule has 134 valence electrons. The Morgan fingerprint density at radius 2 is 2.12 bits per heavy atom. The number of aliphatic hydroxyl groups is 1. The molecule has 0 saturated heterocycles. The summed E-state index contributed by atoms with van der Waals surface area (Å²) < 4.78 is 4.70. The number of nitro benzene ring substituents is 1. The van der Waals surface area contributed by atoms with E-state index in [1.807, 2.05) is 0 Å². The van der Waals surface area contributed by atoms with E-state index in [1.54, 1.807) is 19.9 Å².